The first-order chi connectivity index (χ1) is 29.2. The van der Waals surface area contributed by atoms with Gasteiger partial charge in [-0.2, -0.15) is 0 Å². The van der Waals surface area contributed by atoms with E-state index in [1.165, 1.54) is 66.1 Å². The molecule has 0 saturated carbocycles. The van der Waals surface area contributed by atoms with E-state index in [0.29, 0.717) is 0 Å². The molecule has 0 heterocycles. The summed E-state index contributed by atoms with van der Waals surface area (Å²) in [5, 5.41) is 12.7. The van der Waals surface area contributed by atoms with Crippen molar-refractivity contribution in [2.24, 2.45) is 0 Å². The van der Waals surface area contributed by atoms with Crippen LogP contribution < -0.4 is 10.6 Å². The summed E-state index contributed by atoms with van der Waals surface area (Å²) in [5.74, 6) is 0. The molecule has 2 N–H and O–H groups in total. The van der Waals surface area contributed by atoms with Gasteiger partial charge in [0.25, 0.3) is 0 Å². The Morgan fingerprint density at radius 2 is 0.847 bits per heavy atom. The zero-order chi connectivity index (χ0) is 40.0. The van der Waals surface area contributed by atoms with Crippen molar-refractivity contribution in [2.45, 2.75) is 19.9 Å². The topological polar surface area (TPSA) is 24.1 Å². The van der Waals surface area contributed by atoms with Crippen LogP contribution in [-0.4, -0.2) is 6.04 Å². The summed E-state index contributed by atoms with van der Waals surface area (Å²) in [4.78, 5) is 0. The zero-order valence-corrected chi connectivity index (χ0v) is 33.4. The van der Waals surface area contributed by atoms with Gasteiger partial charge in [-0.05, 0) is 92.5 Å². The summed E-state index contributed by atoms with van der Waals surface area (Å²) in [5.41, 5.74) is 15.2. The van der Waals surface area contributed by atoms with Gasteiger partial charge in [-0.15, -0.1) is 0 Å². The van der Waals surface area contributed by atoms with Gasteiger partial charge in [0, 0.05) is 34.1 Å². The first-order valence-corrected chi connectivity index (χ1v) is 20.5. The first kappa shape index (κ1) is 37.2. The SMILES string of the molecule is C/C=C\C=C/[C@H](C)Nc1c(-c2ccccc2)cccc1-c1ccccc1Nc1ccc(-c2ccc(-c3c4ccccc4c(-c4ccccc4)c4ccccc34)cc2)cc1. The van der Waals surface area contributed by atoms with Crippen molar-refractivity contribution in [3.8, 4) is 55.6 Å². The van der Waals surface area contributed by atoms with Crippen molar-refractivity contribution in [1.82, 2.24) is 0 Å². The van der Waals surface area contributed by atoms with Crippen molar-refractivity contribution in [3.63, 3.8) is 0 Å². The van der Waals surface area contributed by atoms with E-state index in [2.05, 4.69) is 236 Å². The summed E-state index contributed by atoms with van der Waals surface area (Å²) < 4.78 is 0. The van der Waals surface area contributed by atoms with Gasteiger partial charge in [-0.25, -0.2) is 0 Å². The van der Waals surface area contributed by atoms with E-state index in [0.717, 1.165) is 28.2 Å². The molecule has 284 valence electrons. The smallest absolute Gasteiger partial charge is 0.0504 e. The lowest BCUT2D eigenvalue weighted by molar-refractivity contribution is 0.999. The summed E-state index contributed by atoms with van der Waals surface area (Å²) in [6, 6.07) is 72.2. The van der Waals surface area contributed by atoms with Crippen molar-refractivity contribution in [3.05, 3.63) is 224 Å². The minimum Gasteiger partial charge on any atom is -0.378 e. The molecule has 0 aliphatic rings. The average molecular weight is 759 g/mol. The van der Waals surface area contributed by atoms with Gasteiger partial charge in [-0.1, -0.05) is 206 Å². The number of hydrogen-bond acceptors (Lipinski definition) is 2. The van der Waals surface area contributed by atoms with Crippen LogP contribution in [0.5, 0.6) is 0 Å². The Morgan fingerprint density at radius 3 is 1.44 bits per heavy atom. The molecule has 59 heavy (non-hydrogen) atoms. The van der Waals surface area contributed by atoms with E-state index in [-0.39, 0.29) is 6.04 Å². The van der Waals surface area contributed by atoms with Crippen LogP contribution in [0.15, 0.2) is 224 Å². The summed E-state index contributed by atoms with van der Waals surface area (Å²) >= 11 is 0. The molecule has 9 aromatic rings. The Bertz CT molecular complexity index is 2870. The fraction of sp³-hybridized carbons (Fsp3) is 0.0526. The second kappa shape index (κ2) is 17.0. The lowest BCUT2D eigenvalue weighted by Gasteiger charge is -2.22. The number of allylic oxidation sites excluding steroid dienone is 3. The molecule has 0 unspecified atom stereocenters. The Balaban J connectivity index is 1.02. The van der Waals surface area contributed by atoms with Crippen LogP contribution in [0.1, 0.15) is 13.8 Å². The average Bonchev–Trinajstić information content (AvgIpc) is 3.29. The molecule has 0 radical (unpaired) electrons. The molecule has 9 aromatic carbocycles. The van der Waals surface area contributed by atoms with Crippen molar-refractivity contribution in [1.29, 1.82) is 0 Å². The molecule has 0 aliphatic carbocycles. The highest BCUT2D eigenvalue weighted by Gasteiger charge is 2.18. The monoisotopic (exact) mass is 758 g/mol. The number of benzene rings is 9. The van der Waals surface area contributed by atoms with E-state index in [9.17, 15) is 0 Å². The predicted octanol–water partition coefficient (Wildman–Crippen LogP) is 16.0. The van der Waals surface area contributed by atoms with Gasteiger partial charge < -0.3 is 10.6 Å². The zero-order valence-electron chi connectivity index (χ0n) is 33.4. The van der Waals surface area contributed by atoms with E-state index >= 15 is 0 Å². The van der Waals surface area contributed by atoms with Gasteiger partial charge in [0.15, 0.2) is 0 Å². The molecule has 0 saturated heterocycles. The molecule has 1 atom stereocenters. The maximum atomic E-state index is 3.84. The summed E-state index contributed by atoms with van der Waals surface area (Å²) in [6.45, 7) is 4.23. The van der Waals surface area contributed by atoms with Gasteiger partial charge >= 0.3 is 0 Å². The van der Waals surface area contributed by atoms with Gasteiger partial charge in [0.1, 0.15) is 0 Å². The highest BCUT2D eigenvalue weighted by molar-refractivity contribution is 6.21. The van der Waals surface area contributed by atoms with Gasteiger partial charge in [0.2, 0.25) is 0 Å². The third-order valence-corrected chi connectivity index (χ3v) is 11.1. The molecule has 0 aliphatic heterocycles. The molecule has 9 rings (SSSR count). The standard InChI is InChI=1S/C57H46N2/c1-3-4-7-19-40(2)58-57-47(43-20-8-5-9-21-43)29-18-30-53(57)48-24-16-17-31-54(48)59-46-38-36-42(37-39-46)41-32-34-45(35-33-41)56-51-27-14-12-25-49(51)55(44-22-10-6-11-23-44)50-26-13-15-28-52(50)56/h3-40,58-59H,1-2H3/b4-3-,19-7-/t40-/m0/s1. The second-order valence-electron chi connectivity index (χ2n) is 15.0. The van der Waals surface area contributed by atoms with Crippen molar-refractivity contribution >= 4 is 38.6 Å². The first-order valence-electron chi connectivity index (χ1n) is 20.5. The van der Waals surface area contributed by atoms with Crippen molar-refractivity contribution < 1.29 is 0 Å². The summed E-state index contributed by atoms with van der Waals surface area (Å²) in [7, 11) is 0. The number of nitrogens with one attached hydrogen (secondary N) is 2. The lowest BCUT2D eigenvalue weighted by Crippen LogP contribution is -2.13. The molecule has 0 aromatic heterocycles. The number of fused-ring (bicyclic) bond motifs is 2. The molecule has 2 heteroatoms. The number of hydrogen-bond donors (Lipinski definition) is 2. The third kappa shape index (κ3) is 7.69. The van der Waals surface area contributed by atoms with Crippen LogP contribution in [0.25, 0.3) is 77.2 Å². The molecular weight excluding hydrogens is 713 g/mol. The normalized spacial score (nSPS) is 12.0. The second-order valence-corrected chi connectivity index (χ2v) is 15.0. The summed E-state index contributed by atoms with van der Waals surface area (Å²) in [6.07, 6.45) is 8.41. The number of rotatable bonds is 11. The van der Waals surface area contributed by atoms with E-state index in [1.807, 2.05) is 13.0 Å². The Hall–Kier alpha value is -7.42. The fourth-order valence-corrected chi connectivity index (χ4v) is 8.32. The molecular formula is C57H46N2. The van der Waals surface area contributed by atoms with Gasteiger partial charge in [0.05, 0.1) is 5.69 Å². The Labute approximate surface area is 347 Å². The van der Waals surface area contributed by atoms with E-state index in [4.69, 9.17) is 0 Å². The van der Waals surface area contributed by atoms with Crippen molar-refractivity contribution in [2.75, 3.05) is 10.6 Å². The molecule has 2 nitrogen and oxygen atoms in total. The maximum absolute atomic E-state index is 3.84. The molecule has 0 fully saturated rings. The molecule has 0 bridgehead atoms. The van der Waals surface area contributed by atoms with Crippen LogP contribution in [0.2, 0.25) is 0 Å². The number of anilines is 3. The van der Waals surface area contributed by atoms with Crippen LogP contribution in [-0.2, 0) is 0 Å². The van der Waals surface area contributed by atoms with Crippen LogP contribution in [0, 0.1) is 0 Å². The highest BCUT2D eigenvalue weighted by Crippen LogP contribution is 2.44. The Kier molecular flexibility index (Phi) is 10.7. The van der Waals surface area contributed by atoms with Crippen LogP contribution in [0.3, 0.4) is 0 Å². The minimum absolute atomic E-state index is 0.121. The van der Waals surface area contributed by atoms with E-state index < -0.39 is 0 Å². The van der Waals surface area contributed by atoms with Crippen LogP contribution in [0.4, 0.5) is 17.1 Å². The molecule has 0 spiro atoms. The third-order valence-electron chi connectivity index (χ3n) is 11.1. The lowest BCUT2D eigenvalue weighted by atomic mass is 9.86. The number of para-hydroxylation sites is 2. The van der Waals surface area contributed by atoms with Gasteiger partial charge in [-0.3, -0.25) is 0 Å². The molecule has 0 amide bonds. The fourth-order valence-electron chi connectivity index (χ4n) is 8.32. The maximum Gasteiger partial charge on any atom is 0.0504 e. The van der Waals surface area contributed by atoms with E-state index in [1.54, 1.807) is 0 Å². The quantitative estimate of drug-likeness (QED) is 0.101. The van der Waals surface area contributed by atoms with Crippen LogP contribution >= 0.6 is 0 Å². The predicted molar refractivity (Wildman–Crippen MR) is 255 cm³/mol. The highest BCUT2D eigenvalue weighted by atomic mass is 14.9. The minimum atomic E-state index is 0.121. The largest absolute Gasteiger partial charge is 0.378 e. The Morgan fingerprint density at radius 1 is 0.390 bits per heavy atom.